The number of carbonyl (C=O) groups excluding carboxylic acids is 2. The molecule has 6 heteroatoms. The summed E-state index contributed by atoms with van der Waals surface area (Å²) in [5.74, 6) is -0.0775. The van der Waals surface area contributed by atoms with Gasteiger partial charge in [-0.1, -0.05) is 43.2 Å². The van der Waals surface area contributed by atoms with E-state index < -0.39 is 6.09 Å². The van der Waals surface area contributed by atoms with Crippen LogP contribution >= 0.6 is 0 Å². The van der Waals surface area contributed by atoms with Crippen molar-refractivity contribution in [3.63, 3.8) is 0 Å². The van der Waals surface area contributed by atoms with Crippen LogP contribution in [-0.4, -0.2) is 41.6 Å². The third-order valence-corrected chi connectivity index (χ3v) is 4.62. The minimum Gasteiger partial charge on any atom is -0.445 e. The Bertz CT molecular complexity index is 562. The molecule has 2 rings (SSSR count). The van der Waals surface area contributed by atoms with E-state index in [2.05, 4.69) is 5.32 Å². The van der Waals surface area contributed by atoms with Gasteiger partial charge in [-0.2, -0.15) is 0 Å². The Morgan fingerprint density at radius 3 is 2.56 bits per heavy atom. The second kappa shape index (κ2) is 9.42. The molecule has 1 aromatic carbocycles. The number of carbonyl (C=O) groups is 2. The molecule has 138 valence electrons. The second-order valence-corrected chi connectivity index (χ2v) is 6.76. The van der Waals surface area contributed by atoms with Crippen molar-refractivity contribution in [2.45, 2.75) is 64.3 Å². The highest BCUT2D eigenvalue weighted by Gasteiger charge is 2.35. The van der Waals surface area contributed by atoms with E-state index in [9.17, 15) is 9.59 Å². The molecule has 0 aliphatic heterocycles. The predicted molar refractivity (Wildman–Crippen MR) is 96.8 cm³/mol. The number of nitrogens with zero attached hydrogens (tertiary/aromatic N) is 1. The number of hydrogen-bond acceptors (Lipinski definition) is 4. The van der Waals surface area contributed by atoms with Gasteiger partial charge >= 0.3 is 6.09 Å². The third kappa shape index (κ3) is 5.46. The molecule has 25 heavy (non-hydrogen) atoms. The molecule has 1 aliphatic carbocycles. The average Bonchev–Trinajstić information content (AvgIpc) is 2.62. The Kier molecular flexibility index (Phi) is 7.25. The van der Waals surface area contributed by atoms with Gasteiger partial charge in [0.25, 0.3) is 0 Å². The summed E-state index contributed by atoms with van der Waals surface area (Å²) in [6.07, 6.45) is 3.34. The molecule has 0 unspecified atom stereocenters. The highest BCUT2D eigenvalue weighted by Crippen LogP contribution is 2.25. The summed E-state index contributed by atoms with van der Waals surface area (Å²) in [6.45, 7) is 4.18. The Labute approximate surface area is 149 Å². The van der Waals surface area contributed by atoms with Crippen molar-refractivity contribution in [3.05, 3.63) is 35.9 Å². The fourth-order valence-electron chi connectivity index (χ4n) is 3.49. The van der Waals surface area contributed by atoms with Crippen molar-refractivity contribution in [2.24, 2.45) is 5.73 Å². The number of hydrogen-bond donors (Lipinski definition) is 2. The lowest BCUT2D eigenvalue weighted by atomic mass is 9.88. The van der Waals surface area contributed by atoms with E-state index in [1.54, 1.807) is 0 Å². The first kappa shape index (κ1) is 19.2. The topological polar surface area (TPSA) is 84.7 Å². The average molecular weight is 347 g/mol. The van der Waals surface area contributed by atoms with Crippen LogP contribution < -0.4 is 11.1 Å². The highest BCUT2D eigenvalue weighted by molar-refractivity contribution is 5.79. The number of amides is 2. The van der Waals surface area contributed by atoms with Crippen LogP contribution in [0.2, 0.25) is 0 Å². The molecule has 1 saturated carbocycles. The zero-order chi connectivity index (χ0) is 18.2. The van der Waals surface area contributed by atoms with Crippen LogP contribution in [0.1, 0.15) is 45.1 Å². The first-order valence-electron chi connectivity index (χ1n) is 9.01. The number of rotatable bonds is 6. The zero-order valence-electron chi connectivity index (χ0n) is 15.1. The Morgan fingerprint density at radius 1 is 1.24 bits per heavy atom. The summed E-state index contributed by atoms with van der Waals surface area (Å²) in [7, 11) is 0. The van der Waals surface area contributed by atoms with Crippen molar-refractivity contribution in [3.8, 4) is 0 Å². The molecular weight excluding hydrogens is 318 g/mol. The number of nitrogens with one attached hydrogen (secondary N) is 1. The first-order chi connectivity index (χ1) is 12.0. The van der Waals surface area contributed by atoms with Crippen molar-refractivity contribution in [1.82, 2.24) is 10.2 Å². The molecule has 6 nitrogen and oxygen atoms in total. The van der Waals surface area contributed by atoms with Gasteiger partial charge in [0.1, 0.15) is 6.61 Å². The van der Waals surface area contributed by atoms with Crippen LogP contribution in [0, 0.1) is 0 Å². The quantitative estimate of drug-likeness (QED) is 0.828. The highest BCUT2D eigenvalue weighted by atomic mass is 16.5. The molecule has 3 N–H and O–H groups in total. The fraction of sp³-hybridized carbons (Fsp3) is 0.579. The van der Waals surface area contributed by atoms with E-state index in [0.717, 1.165) is 31.2 Å². The maximum atomic E-state index is 12.3. The molecule has 2 amide bonds. The lowest BCUT2D eigenvalue weighted by Gasteiger charge is -2.42. The van der Waals surface area contributed by atoms with Gasteiger partial charge in [0, 0.05) is 6.04 Å². The third-order valence-electron chi connectivity index (χ3n) is 4.62. The van der Waals surface area contributed by atoms with Gasteiger partial charge in [-0.3, -0.25) is 4.79 Å². The van der Waals surface area contributed by atoms with Crippen LogP contribution in [0.3, 0.4) is 0 Å². The molecule has 1 fully saturated rings. The Hall–Kier alpha value is -2.08. The van der Waals surface area contributed by atoms with Gasteiger partial charge < -0.3 is 20.7 Å². The van der Waals surface area contributed by atoms with Gasteiger partial charge in [-0.25, -0.2) is 4.79 Å². The van der Waals surface area contributed by atoms with E-state index in [1.807, 2.05) is 49.1 Å². The van der Waals surface area contributed by atoms with E-state index >= 15 is 0 Å². The van der Waals surface area contributed by atoms with E-state index in [4.69, 9.17) is 10.5 Å². The SMILES string of the molecule is CC(C)N(C(=O)CN)[C@H]1CCCC[C@H]1NC(=O)OCc1ccccc1. The minimum atomic E-state index is -0.440. The Balaban J connectivity index is 1.97. The molecule has 0 bridgehead atoms. The van der Waals surface area contributed by atoms with Crippen LogP contribution in [0.5, 0.6) is 0 Å². The molecule has 0 saturated heterocycles. The van der Waals surface area contributed by atoms with Gasteiger partial charge in [-0.05, 0) is 32.3 Å². The smallest absolute Gasteiger partial charge is 0.407 e. The van der Waals surface area contributed by atoms with Gasteiger partial charge in [0.2, 0.25) is 5.91 Å². The molecule has 0 spiro atoms. The molecule has 0 radical (unpaired) electrons. The normalized spacial score (nSPS) is 20.2. The fourth-order valence-corrected chi connectivity index (χ4v) is 3.49. The molecule has 0 aromatic heterocycles. The van der Waals surface area contributed by atoms with Gasteiger partial charge in [0.05, 0.1) is 18.6 Å². The number of alkyl carbamates (subject to hydrolysis) is 1. The summed E-state index contributed by atoms with van der Waals surface area (Å²) in [6, 6.07) is 9.48. The molecule has 1 aromatic rings. The minimum absolute atomic E-state index is 0.0140. The van der Waals surface area contributed by atoms with Crippen LogP contribution in [-0.2, 0) is 16.1 Å². The van der Waals surface area contributed by atoms with E-state index in [1.165, 1.54) is 0 Å². The summed E-state index contributed by atoms with van der Waals surface area (Å²) in [4.78, 5) is 26.3. The van der Waals surface area contributed by atoms with E-state index in [0.29, 0.717) is 0 Å². The standard InChI is InChI=1S/C19H29N3O3/c1-14(2)22(18(23)12-20)17-11-7-6-10-16(17)21-19(24)25-13-15-8-4-3-5-9-15/h3-5,8-9,14,16-17H,6-7,10-13,20H2,1-2H3,(H,21,24)/t16-,17+/m1/s1. The van der Waals surface area contributed by atoms with E-state index in [-0.39, 0.29) is 37.2 Å². The summed E-state index contributed by atoms with van der Waals surface area (Å²) < 4.78 is 5.33. The molecule has 2 atom stereocenters. The maximum absolute atomic E-state index is 12.3. The number of ether oxygens (including phenoxy) is 1. The monoisotopic (exact) mass is 347 g/mol. The van der Waals surface area contributed by atoms with Crippen molar-refractivity contribution in [2.75, 3.05) is 6.54 Å². The molecular formula is C19H29N3O3. The van der Waals surface area contributed by atoms with Crippen LogP contribution in [0.4, 0.5) is 4.79 Å². The lowest BCUT2D eigenvalue weighted by molar-refractivity contribution is -0.135. The largest absolute Gasteiger partial charge is 0.445 e. The number of nitrogens with two attached hydrogens (primary N) is 1. The van der Waals surface area contributed by atoms with Crippen LogP contribution in [0.25, 0.3) is 0 Å². The second-order valence-electron chi connectivity index (χ2n) is 6.76. The van der Waals surface area contributed by atoms with Crippen LogP contribution in [0.15, 0.2) is 30.3 Å². The van der Waals surface area contributed by atoms with Crippen molar-refractivity contribution < 1.29 is 14.3 Å². The first-order valence-corrected chi connectivity index (χ1v) is 9.01. The summed E-state index contributed by atoms with van der Waals surface area (Å²) in [5.41, 5.74) is 6.52. The van der Waals surface area contributed by atoms with Gasteiger partial charge in [0.15, 0.2) is 0 Å². The number of benzene rings is 1. The van der Waals surface area contributed by atoms with Gasteiger partial charge in [-0.15, -0.1) is 0 Å². The maximum Gasteiger partial charge on any atom is 0.407 e. The summed E-state index contributed by atoms with van der Waals surface area (Å²) in [5, 5.41) is 2.96. The van der Waals surface area contributed by atoms with Crippen molar-refractivity contribution in [1.29, 1.82) is 0 Å². The molecule has 0 heterocycles. The zero-order valence-corrected chi connectivity index (χ0v) is 15.1. The van der Waals surface area contributed by atoms with Crippen molar-refractivity contribution >= 4 is 12.0 Å². The summed E-state index contributed by atoms with van der Waals surface area (Å²) >= 11 is 0. The molecule has 1 aliphatic rings. The lowest BCUT2D eigenvalue weighted by Crippen LogP contribution is -2.58. The Morgan fingerprint density at radius 2 is 1.92 bits per heavy atom. The predicted octanol–water partition coefficient (Wildman–Crippen LogP) is 2.42.